The minimum absolute atomic E-state index is 0.236. The molecule has 0 aliphatic heterocycles. The normalized spacial score (nSPS) is 12.2. The van der Waals surface area contributed by atoms with E-state index in [-0.39, 0.29) is 11.8 Å². The van der Waals surface area contributed by atoms with Gasteiger partial charge in [-0.3, -0.25) is 19.0 Å². The number of nitrogens with one attached hydrogen (secondary N) is 2. The number of aromatic nitrogens is 4. The van der Waals surface area contributed by atoms with Crippen LogP contribution >= 0.6 is 11.6 Å². The van der Waals surface area contributed by atoms with Crippen LogP contribution in [0.3, 0.4) is 0 Å². The molecule has 32 heavy (non-hydrogen) atoms. The minimum Gasteiger partial charge on any atom is -0.323 e. The molecule has 0 saturated carbocycles. The van der Waals surface area contributed by atoms with Crippen molar-refractivity contribution in [3.8, 4) is 0 Å². The second kappa shape index (κ2) is 9.40. The molecule has 0 aliphatic rings. The fourth-order valence-electron chi connectivity index (χ4n) is 3.45. The molecular formula is C23H27ClN6O2. The zero-order chi connectivity index (χ0) is 23.6. The Hall–Kier alpha value is -3.39. The fourth-order valence-corrected chi connectivity index (χ4v) is 3.68. The predicted octanol–water partition coefficient (Wildman–Crippen LogP) is 4.36. The third-order valence-electron chi connectivity index (χ3n) is 5.25. The van der Waals surface area contributed by atoms with Crippen molar-refractivity contribution >= 4 is 40.9 Å². The number of nitrogens with zero attached hydrogens (tertiary/aromatic N) is 4. The van der Waals surface area contributed by atoms with Crippen LogP contribution in [0.2, 0.25) is 5.02 Å². The first-order chi connectivity index (χ1) is 15.1. The maximum atomic E-state index is 12.6. The first kappa shape index (κ1) is 23.3. The summed E-state index contributed by atoms with van der Waals surface area (Å²) in [6, 6.07) is 6.35. The van der Waals surface area contributed by atoms with Gasteiger partial charge in [-0.25, -0.2) is 0 Å². The van der Waals surface area contributed by atoms with Crippen LogP contribution in [-0.4, -0.2) is 31.4 Å². The van der Waals surface area contributed by atoms with Crippen molar-refractivity contribution < 1.29 is 9.59 Å². The molecule has 0 fully saturated rings. The van der Waals surface area contributed by atoms with Gasteiger partial charge in [0.2, 0.25) is 11.8 Å². The average molecular weight is 455 g/mol. The van der Waals surface area contributed by atoms with Crippen LogP contribution < -0.4 is 10.6 Å². The number of carbonyl (C=O) groups is 2. The van der Waals surface area contributed by atoms with E-state index >= 15 is 0 Å². The number of carbonyl (C=O) groups excluding carboxylic acids is 2. The number of rotatable bonds is 6. The molecule has 2 heterocycles. The Labute approximate surface area is 192 Å². The van der Waals surface area contributed by atoms with Crippen molar-refractivity contribution in [2.75, 3.05) is 10.6 Å². The van der Waals surface area contributed by atoms with Crippen LogP contribution in [0.1, 0.15) is 41.3 Å². The lowest BCUT2D eigenvalue weighted by atomic mass is 10.2. The lowest BCUT2D eigenvalue weighted by molar-refractivity contribution is -0.119. The SMILES string of the molecule is Cc1cc(C)n(C(C)C(=O)Nc2ccc(NC(=O)/C=C/c3c(C)nn(C)c3C)cc2Cl)n1. The molecule has 2 amide bonds. The Morgan fingerprint density at radius 2 is 1.81 bits per heavy atom. The highest BCUT2D eigenvalue weighted by Gasteiger charge is 2.19. The number of anilines is 2. The van der Waals surface area contributed by atoms with Crippen molar-refractivity contribution in [2.45, 2.75) is 40.7 Å². The molecule has 0 radical (unpaired) electrons. The van der Waals surface area contributed by atoms with Crippen LogP contribution in [-0.2, 0) is 16.6 Å². The summed E-state index contributed by atoms with van der Waals surface area (Å²) >= 11 is 6.34. The smallest absolute Gasteiger partial charge is 0.248 e. The molecule has 2 aromatic heterocycles. The highest BCUT2D eigenvalue weighted by molar-refractivity contribution is 6.34. The van der Waals surface area contributed by atoms with Gasteiger partial charge in [0.05, 0.1) is 22.1 Å². The van der Waals surface area contributed by atoms with E-state index in [0.29, 0.717) is 16.4 Å². The Morgan fingerprint density at radius 1 is 1.09 bits per heavy atom. The first-order valence-corrected chi connectivity index (χ1v) is 10.6. The van der Waals surface area contributed by atoms with Gasteiger partial charge in [0.25, 0.3) is 0 Å². The van der Waals surface area contributed by atoms with Crippen LogP contribution in [0.4, 0.5) is 11.4 Å². The average Bonchev–Trinajstić information content (AvgIpc) is 3.18. The Morgan fingerprint density at radius 3 is 2.38 bits per heavy atom. The third kappa shape index (κ3) is 5.08. The number of hydrogen-bond donors (Lipinski definition) is 2. The van der Waals surface area contributed by atoms with E-state index in [9.17, 15) is 9.59 Å². The van der Waals surface area contributed by atoms with Gasteiger partial charge in [0, 0.05) is 35.8 Å². The van der Waals surface area contributed by atoms with E-state index in [1.807, 2.05) is 40.8 Å². The van der Waals surface area contributed by atoms with Gasteiger partial charge in [0.1, 0.15) is 6.04 Å². The first-order valence-electron chi connectivity index (χ1n) is 10.2. The lowest BCUT2D eigenvalue weighted by Gasteiger charge is -2.15. The van der Waals surface area contributed by atoms with Gasteiger partial charge < -0.3 is 10.6 Å². The largest absolute Gasteiger partial charge is 0.323 e. The maximum absolute atomic E-state index is 12.6. The summed E-state index contributed by atoms with van der Waals surface area (Å²) in [6.07, 6.45) is 3.19. The van der Waals surface area contributed by atoms with E-state index < -0.39 is 6.04 Å². The van der Waals surface area contributed by atoms with E-state index in [1.54, 1.807) is 40.6 Å². The lowest BCUT2D eigenvalue weighted by Crippen LogP contribution is -2.25. The molecule has 0 saturated heterocycles. The zero-order valence-corrected chi connectivity index (χ0v) is 19.8. The second-order valence-corrected chi connectivity index (χ2v) is 8.17. The number of amides is 2. The quantitative estimate of drug-likeness (QED) is 0.541. The molecule has 1 aromatic carbocycles. The van der Waals surface area contributed by atoms with Crippen molar-refractivity contribution in [1.82, 2.24) is 19.6 Å². The molecular weight excluding hydrogens is 428 g/mol. The van der Waals surface area contributed by atoms with Crippen molar-refractivity contribution in [2.24, 2.45) is 7.05 Å². The zero-order valence-electron chi connectivity index (χ0n) is 19.0. The van der Waals surface area contributed by atoms with Gasteiger partial charge in [-0.2, -0.15) is 10.2 Å². The van der Waals surface area contributed by atoms with Gasteiger partial charge >= 0.3 is 0 Å². The molecule has 9 heteroatoms. The summed E-state index contributed by atoms with van der Waals surface area (Å²) < 4.78 is 3.45. The number of halogens is 1. The van der Waals surface area contributed by atoms with Crippen LogP contribution in [0.5, 0.6) is 0 Å². The summed E-state index contributed by atoms with van der Waals surface area (Å²) in [5.41, 5.74) is 5.48. The summed E-state index contributed by atoms with van der Waals surface area (Å²) in [4.78, 5) is 25.0. The molecule has 1 unspecified atom stereocenters. The molecule has 1 atom stereocenters. The van der Waals surface area contributed by atoms with E-state index in [1.165, 1.54) is 6.08 Å². The monoisotopic (exact) mass is 454 g/mol. The van der Waals surface area contributed by atoms with Gasteiger partial charge in [-0.1, -0.05) is 11.6 Å². The summed E-state index contributed by atoms with van der Waals surface area (Å²) in [7, 11) is 1.86. The van der Waals surface area contributed by atoms with Crippen molar-refractivity contribution in [1.29, 1.82) is 0 Å². The van der Waals surface area contributed by atoms with Gasteiger partial charge in [-0.05, 0) is 65.0 Å². The Balaban J connectivity index is 1.65. The summed E-state index contributed by atoms with van der Waals surface area (Å²) in [6.45, 7) is 9.40. The van der Waals surface area contributed by atoms with E-state index in [4.69, 9.17) is 11.6 Å². The molecule has 0 bridgehead atoms. The Kier molecular flexibility index (Phi) is 6.84. The van der Waals surface area contributed by atoms with Crippen LogP contribution in [0.25, 0.3) is 6.08 Å². The fraction of sp³-hybridized carbons (Fsp3) is 0.304. The van der Waals surface area contributed by atoms with Crippen molar-refractivity contribution in [3.05, 3.63) is 63.7 Å². The van der Waals surface area contributed by atoms with Gasteiger partial charge in [0.15, 0.2) is 0 Å². The minimum atomic E-state index is -0.497. The molecule has 0 aliphatic carbocycles. The number of benzene rings is 1. The van der Waals surface area contributed by atoms with Gasteiger partial charge in [-0.15, -0.1) is 0 Å². The van der Waals surface area contributed by atoms with Crippen molar-refractivity contribution in [3.63, 3.8) is 0 Å². The third-order valence-corrected chi connectivity index (χ3v) is 5.56. The summed E-state index contributed by atoms with van der Waals surface area (Å²) in [5.74, 6) is -0.529. The second-order valence-electron chi connectivity index (χ2n) is 7.76. The highest BCUT2D eigenvalue weighted by atomic mass is 35.5. The molecule has 168 valence electrons. The molecule has 3 aromatic rings. The molecule has 8 nitrogen and oxygen atoms in total. The standard InChI is InChI=1S/C23H27ClN6O2/c1-13-11-14(2)30(27-13)17(5)23(32)26-21-9-7-18(12-20(21)24)25-22(31)10-8-19-15(3)28-29(6)16(19)4/h7-12,17H,1-6H3,(H,25,31)(H,26,32)/b10-8+. The summed E-state index contributed by atoms with van der Waals surface area (Å²) in [5, 5.41) is 14.6. The number of hydrogen-bond acceptors (Lipinski definition) is 4. The molecule has 0 spiro atoms. The molecule has 2 N–H and O–H groups in total. The van der Waals surface area contributed by atoms with Crippen LogP contribution in [0.15, 0.2) is 30.3 Å². The molecule has 3 rings (SSSR count). The topological polar surface area (TPSA) is 93.8 Å². The maximum Gasteiger partial charge on any atom is 0.248 e. The number of aryl methyl sites for hydroxylation is 4. The van der Waals surface area contributed by atoms with E-state index in [2.05, 4.69) is 20.8 Å². The predicted molar refractivity (Wildman–Crippen MR) is 127 cm³/mol. The van der Waals surface area contributed by atoms with Crippen LogP contribution in [0, 0.1) is 27.7 Å². The Bertz CT molecular complexity index is 1210. The van der Waals surface area contributed by atoms with E-state index in [0.717, 1.165) is 28.3 Å². The highest BCUT2D eigenvalue weighted by Crippen LogP contribution is 2.26.